The first kappa shape index (κ1) is 11.7. The summed E-state index contributed by atoms with van der Waals surface area (Å²) in [6.45, 7) is 0.176. The zero-order valence-electron chi connectivity index (χ0n) is 8.33. The molecule has 0 atom stereocenters. The van der Waals surface area contributed by atoms with E-state index < -0.39 is 6.09 Å². The van der Waals surface area contributed by atoms with Crippen LogP contribution in [0.15, 0.2) is 29.4 Å². The largest absolute Gasteiger partial charge is 0.488 e. The zero-order chi connectivity index (χ0) is 11.8. The van der Waals surface area contributed by atoms with Crippen molar-refractivity contribution in [2.45, 2.75) is 6.54 Å². The van der Waals surface area contributed by atoms with Crippen molar-refractivity contribution >= 4 is 6.09 Å². The molecule has 1 amide bonds. The lowest BCUT2D eigenvalue weighted by Gasteiger charge is -2.04. The van der Waals surface area contributed by atoms with E-state index in [4.69, 9.17) is 15.4 Å². The Labute approximate surface area is 91.3 Å². The van der Waals surface area contributed by atoms with E-state index in [1.165, 1.54) is 0 Å². The Balaban J connectivity index is 2.47. The number of ether oxygens (including phenoxy) is 1. The molecule has 0 spiro atoms. The van der Waals surface area contributed by atoms with Crippen LogP contribution < -0.4 is 10.1 Å². The van der Waals surface area contributed by atoms with Crippen LogP contribution in [-0.4, -0.2) is 17.9 Å². The maximum atomic E-state index is 10.2. The quantitative estimate of drug-likeness (QED) is 0.452. The maximum Gasteiger partial charge on any atom is 0.404 e. The number of carboxylic acid groups (broad SMARTS) is 1. The molecule has 0 aromatic heterocycles. The highest BCUT2D eigenvalue weighted by molar-refractivity contribution is 5.64. The van der Waals surface area contributed by atoms with E-state index >= 15 is 0 Å². The van der Waals surface area contributed by atoms with Crippen molar-refractivity contribution in [2.24, 2.45) is 5.11 Å². The summed E-state index contributed by atoms with van der Waals surface area (Å²) in [6.07, 6.45) is -1.07. The van der Waals surface area contributed by atoms with Crippen molar-refractivity contribution in [3.63, 3.8) is 0 Å². The Bertz CT molecular complexity index is 373. The number of hydrogen-bond acceptors (Lipinski definition) is 3. The number of nitrogens with one attached hydrogen (secondary N) is 1. The molecule has 7 nitrogen and oxygen atoms in total. The van der Waals surface area contributed by atoms with Gasteiger partial charge in [-0.3, -0.25) is 0 Å². The minimum Gasteiger partial charge on any atom is -0.488 e. The van der Waals surface area contributed by atoms with Crippen LogP contribution in [0.3, 0.4) is 0 Å². The van der Waals surface area contributed by atoms with Crippen LogP contribution in [0.25, 0.3) is 10.4 Å². The summed E-state index contributed by atoms with van der Waals surface area (Å²) in [6, 6.07) is 6.79. The molecule has 0 bridgehead atoms. The minimum absolute atomic E-state index is 0.0662. The van der Waals surface area contributed by atoms with Crippen molar-refractivity contribution in [2.75, 3.05) is 6.73 Å². The van der Waals surface area contributed by atoms with E-state index in [-0.39, 0.29) is 13.3 Å². The lowest BCUT2D eigenvalue weighted by Crippen LogP contribution is -2.19. The van der Waals surface area contributed by atoms with Gasteiger partial charge in [0.1, 0.15) is 5.75 Å². The Hall–Kier alpha value is -2.40. The van der Waals surface area contributed by atoms with Gasteiger partial charge in [-0.05, 0) is 23.2 Å². The second-order valence-electron chi connectivity index (χ2n) is 2.81. The molecule has 0 fully saturated rings. The molecule has 2 N–H and O–H groups in total. The molecule has 0 aliphatic heterocycles. The molecule has 1 aromatic rings. The SMILES string of the molecule is [N-]=[N+]=NCOc1ccc(CNC(=O)O)cc1. The first-order valence-corrected chi connectivity index (χ1v) is 4.42. The second-order valence-corrected chi connectivity index (χ2v) is 2.81. The smallest absolute Gasteiger partial charge is 0.404 e. The third-order valence-electron chi connectivity index (χ3n) is 1.72. The molecule has 16 heavy (non-hydrogen) atoms. The van der Waals surface area contributed by atoms with Crippen molar-refractivity contribution in [3.05, 3.63) is 40.3 Å². The van der Waals surface area contributed by atoms with Crippen LogP contribution >= 0.6 is 0 Å². The average molecular weight is 222 g/mol. The van der Waals surface area contributed by atoms with Crippen LogP contribution in [0.4, 0.5) is 4.79 Å². The van der Waals surface area contributed by atoms with Gasteiger partial charge in [-0.25, -0.2) is 4.79 Å². The fraction of sp³-hybridized carbons (Fsp3) is 0.222. The number of amides is 1. The predicted molar refractivity (Wildman–Crippen MR) is 55.9 cm³/mol. The molecule has 1 aromatic carbocycles. The highest BCUT2D eigenvalue weighted by atomic mass is 16.5. The van der Waals surface area contributed by atoms with Gasteiger partial charge in [0.2, 0.25) is 0 Å². The van der Waals surface area contributed by atoms with Gasteiger partial charge < -0.3 is 15.2 Å². The van der Waals surface area contributed by atoms with E-state index in [0.29, 0.717) is 5.75 Å². The van der Waals surface area contributed by atoms with E-state index in [1.54, 1.807) is 24.3 Å². The molecule has 1 rings (SSSR count). The summed E-state index contributed by atoms with van der Waals surface area (Å²) in [5, 5.41) is 13.9. The summed E-state index contributed by atoms with van der Waals surface area (Å²) in [4.78, 5) is 12.8. The molecule has 0 radical (unpaired) electrons. The lowest BCUT2D eigenvalue weighted by atomic mass is 10.2. The highest BCUT2D eigenvalue weighted by Gasteiger charge is 1.97. The Morgan fingerprint density at radius 2 is 2.19 bits per heavy atom. The van der Waals surface area contributed by atoms with Crippen LogP contribution in [0.1, 0.15) is 5.56 Å². The molecule has 7 heteroatoms. The molecule has 0 unspecified atom stereocenters. The van der Waals surface area contributed by atoms with Gasteiger partial charge in [-0.15, -0.1) is 0 Å². The van der Waals surface area contributed by atoms with Crippen molar-refractivity contribution < 1.29 is 14.6 Å². The average Bonchev–Trinajstić information content (AvgIpc) is 2.28. The maximum absolute atomic E-state index is 10.2. The number of rotatable bonds is 5. The molecule has 0 saturated carbocycles. The Morgan fingerprint density at radius 1 is 1.50 bits per heavy atom. The monoisotopic (exact) mass is 222 g/mol. The summed E-state index contributed by atoms with van der Waals surface area (Å²) in [5.41, 5.74) is 8.84. The van der Waals surface area contributed by atoms with Gasteiger partial charge in [-0.2, -0.15) is 0 Å². The fourth-order valence-electron chi connectivity index (χ4n) is 1.01. The first-order chi connectivity index (χ1) is 7.72. The van der Waals surface area contributed by atoms with Gasteiger partial charge in [0.15, 0.2) is 6.73 Å². The Morgan fingerprint density at radius 3 is 2.75 bits per heavy atom. The number of nitrogens with zero attached hydrogens (tertiary/aromatic N) is 3. The molecular weight excluding hydrogens is 212 g/mol. The third-order valence-corrected chi connectivity index (χ3v) is 1.72. The summed E-state index contributed by atoms with van der Waals surface area (Å²) >= 11 is 0. The molecule has 0 heterocycles. The van der Waals surface area contributed by atoms with Crippen LogP contribution in [-0.2, 0) is 6.54 Å². The van der Waals surface area contributed by atoms with Gasteiger partial charge >= 0.3 is 6.09 Å². The second kappa shape index (κ2) is 6.15. The van der Waals surface area contributed by atoms with Crippen LogP contribution in [0, 0.1) is 0 Å². The fourth-order valence-corrected chi connectivity index (χ4v) is 1.01. The topological polar surface area (TPSA) is 107 Å². The summed E-state index contributed by atoms with van der Waals surface area (Å²) < 4.78 is 5.07. The predicted octanol–water partition coefficient (Wildman–Crippen LogP) is 2.10. The zero-order valence-corrected chi connectivity index (χ0v) is 8.33. The van der Waals surface area contributed by atoms with Gasteiger partial charge in [0.05, 0.1) is 0 Å². The first-order valence-electron chi connectivity index (χ1n) is 4.42. The van der Waals surface area contributed by atoms with Crippen LogP contribution in [0.5, 0.6) is 5.75 Å². The molecule has 0 aliphatic carbocycles. The van der Waals surface area contributed by atoms with Gasteiger partial charge in [-0.1, -0.05) is 17.2 Å². The Kier molecular flexibility index (Phi) is 4.49. The van der Waals surface area contributed by atoms with Gasteiger partial charge in [0, 0.05) is 11.5 Å². The summed E-state index contributed by atoms with van der Waals surface area (Å²) in [5.74, 6) is 0.562. The standard InChI is InChI=1S/C9H10N4O3/c10-13-12-6-16-8-3-1-7(2-4-8)5-11-9(14)15/h1-4,11H,5-6H2,(H,14,15). The normalized spacial score (nSPS) is 9.00. The van der Waals surface area contributed by atoms with Crippen LogP contribution in [0.2, 0.25) is 0 Å². The van der Waals surface area contributed by atoms with Crippen molar-refractivity contribution in [1.29, 1.82) is 0 Å². The minimum atomic E-state index is -1.07. The third kappa shape index (κ3) is 4.21. The van der Waals surface area contributed by atoms with Crippen molar-refractivity contribution in [3.8, 4) is 5.75 Å². The van der Waals surface area contributed by atoms with E-state index in [1.807, 2.05) is 0 Å². The number of azide groups is 1. The van der Waals surface area contributed by atoms with E-state index in [9.17, 15) is 4.79 Å². The molecule has 0 saturated heterocycles. The number of carbonyl (C=O) groups is 1. The lowest BCUT2D eigenvalue weighted by molar-refractivity contribution is 0.194. The molecule has 0 aliphatic rings. The molecular formula is C9H10N4O3. The van der Waals surface area contributed by atoms with E-state index in [0.717, 1.165) is 5.56 Å². The summed E-state index contributed by atoms with van der Waals surface area (Å²) in [7, 11) is 0. The number of hydrogen-bond donors (Lipinski definition) is 2. The number of benzene rings is 1. The van der Waals surface area contributed by atoms with Crippen molar-refractivity contribution in [1.82, 2.24) is 5.32 Å². The highest BCUT2D eigenvalue weighted by Crippen LogP contribution is 2.11. The van der Waals surface area contributed by atoms with Gasteiger partial charge in [0.25, 0.3) is 0 Å². The van der Waals surface area contributed by atoms with E-state index in [2.05, 4.69) is 15.3 Å². The molecule has 84 valence electrons.